The molecule has 4 rings (SSSR count). The van der Waals surface area contributed by atoms with Crippen LogP contribution >= 0.6 is 0 Å². The largest absolute Gasteiger partial charge is 0.454 e. The minimum Gasteiger partial charge on any atom is -0.454 e. The van der Waals surface area contributed by atoms with Gasteiger partial charge in [0.25, 0.3) is 5.91 Å². The molecule has 0 fully saturated rings. The van der Waals surface area contributed by atoms with Crippen LogP contribution in [0.5, 0.6) is 11.5 Å². The summed E-state index contributed by atoms with van der Waals surface area (Å²) in [6.07, 6.45) is 3.19. The van der Waals surface area contributed by atoms with Crippen molar-refractivity contribution in [2.45, 2.75) is 11.4 Å². The Hall–Kier alpha value is -3.43. The summed E-state index contributed by atoms with van der Waals surface area (Å²) >= 11 is 0. The second-order valence-electron chi connectivity index (χ2n) is 6.24. The van der Waals surface area contributed by atoms with Crippen LogP contribution in [0.2, 0.25) is 0 Å². The molecule has 0 atom stereocenters. The van der Waals surface area contributed by atoms with Gasteiger partial charge >= 0.3 is 0 Å². The van der Waals surface area contributed by atoms with E-state index < -0.39 is 15.9 Å². The zero-order chi connectivity index (χ0) is 20.3. The van der Waals surface area contributed by atoms with Crippen LogP contribution in [-0.2, 0) is 16.6 Å². The smallest absolute Gasteiger partial charge is 0.255 e. The van der Waals surface area contributed by atoms with E-state index in [0.717, 1.165) is 5.56 Å². The van der Waals surface area contributed by atoms with Crippen molar-refractivity contribution in [1.82, 2.24) is 9.71 Å². The van der Waals surface area contributed by atoms with Crippen molar-refractivity contribution >= 4 is 21.6 Å². The van der Waals surface area contributed by atoms with Gasteiger partial charge in [0, 0.05) is 36.3 Å². The summed E-state index contributed by atoms with van der Waals surface area (Å²) in [5, 5.41) is 2.73. The van der Waals surface area contributed by atoms with Gasteiger partial charge in [0.1, 0.15) is 0 Å². The van der Waals surface area contributed by atoms with Crippen molar-refractivity contribution in [1.29, 1.82) is 0 Å². The molecule has 0 bridgehead atoms. The lowest BCUT2D eigenvalue weighted by atomic mass is 10.2. The topological polar surface area (TPSA) is 107 Å². The summed E-state index contributed by atoms with van der Waals surface area (Å²) in [6.45, 7) is 0.239. The quantitative estimate of drug-likeness (QED) is 0.646. The molecule has 0 saturated heterocycles. The van der Waals surface area contributed by atoms with Gasteiger partial charge in [-0.2, -0.15) is 0 Å². The predicted octanol–water partition coefficient (Wildman–Crippen LogP) is 2.54. The molecule has 0 spiro atoms. The fraction of sp³-hybridized carbons (Fsp3) is 0.100. The van der Waals surface area contributed by atoms with Crippen LogP contribution in [0.3, 0.4) is 0 Å². The van der Waals surface area contributed by atoms with Crippen molar-refractivity contribution in [3.05, 3.63) is 78.1 Å². The van der Waals surface area contributed by atoms with Gasteiger partial charge in [-0.15, -0.1) is 0 Å². The van der Waals surface area contributed by atoms with Crippen LogP contribution in [0.1, 0.15) is 15.9 Å². The molecule has 1 aromatic heterocycles. The molecule has 2 aromatic carbocycles. The number of nitrogens with zero attached hydrogens (tertiary/aromatic N) is 1. The van der Waals surface area contributed by atoms with Gasteiger partial charge in [0.2, 0.25) is 16.8 Å². The van der Waals surface area contributed by atoms with Crippen LogP contribution < -0.4 is 19.5 Å². The van der Waals surface area contributed by atoms with Crippen molar-refractivity contribution in [2.24, 2.45) is 0 Å². The second-order valence-corrected chi connectivity index (χ2v) is 8.00. The molecular formula is C20H17N3O5S. The number of pyridine rings is 1. The molecule has 2 N–H and O–H groups in total. The SMILES string of the molecule is O=C(Nc1ccc2c(c1)OCO2)c1cccc(S(=O)(=O)NCc2cccnc2)c1. The van der Waals surface area contributed by atoms with Gasteiger partial charge in [-0.25, -0.2) is 13.1 Å². The zero-order valence-electron chi connectivity index (χ0n) is 15.2. The fourth-order valence-corrected chi connectivity index (χ4v) is 3.81. The molecule has 8 nitrogen and oxygen atoms in total. The Morgan fingerprint density at radius 2 is 1.90 bits per heavy atom. The molecule has 148 valence electrons. The second kappa shape index (κ2) is 7.90. The summed E-state index contributed by atoms with van der Waals surface area (Å²) < 4.78 is 38.2. The minimum atomic E-state index is -3.79. The van der Waals surface area contributed by atoms with Gasteiger partial charge in [-0.1, -0.05) is 12.1 Å². The Morgan fingerprint density at radius 1 is 1.03 bits per heavy atom. The number of fused-ring (bicyclic) bond motifs is 1. The molecule has 29 heavy (non-hydrogen) atoms. The first kappa shape index (κ1) is 18.9. The van der Waals surface area contributed by atoms with Gasteiger partial charge in [-0.3, -0.25) is 9.78 Å². The summed E-state index contributed by atoms with van der Waals surface area (Å²) in [7, 11) is -3.79. The Bertz CT molecular complexity index is 1150. The average Bonchev–Trinajstić information content (AvgIpc) is 3.21. The number of hydrogen-bond acceptors (Lipinski definition) is 6. The average molecular weight is 411 g/mol. The fourth-order valence-electron chi connectivity index (χ4n) is 2.75. The number of sulfonamides is 1. The lowest BCUT2D eigenvalue weighted by Crippen LogP contribution is -2.23. The minimum absolute atomic E-state index is 0.000253. The van der Waals surface area contributed by atoms with Crippen molar-refractivity contribution in [3.8, 4) is 11.5 Å². The molecule has 1 amide bonds. The Labute approximate surface area is 167 Å². The molecule has 1 aliphatic heterocycles. The number of ether oxygens (including phenoxy) is 2. The van der Waals surface area contributed by atoms with Gasteiger partial charge < -0.3 is 14.8 Å². The normalized spacial score (nSPS) is 12.6. The molecule has 0 aliphatic carbocycles. The third-order valence-electron chi connectivity index (χ3n) is 4.23. The molecule has 0 radical (unpaired) electrons. The van der Waals surface area contributed by atoms with E-state index in [2.05, 4.69) is 15.0 Å². The number of anilines is 1. The number of aromatic nitrogens is 1. The van der Waals surface area contributed by atoms with E-state index in [9.17, 15) is 13.2 Å². The van der Waals surface area contributed by atoms with Gasteiger partial charge in [-0.05, 0) is 42.0 Å². The number of hydrogen-bond donors (Lipinski definition) is 2. The van der Waals surface area contributed by atoms with E-state index >= 15 is 0 Å². The number of carbonyl (C=O) groups is 1. The van der Waals surface area contributed by atoms with Gasteiger partial charge in [0.05, 0.1) is 4.90 Å². The number of rotatable bonds is 6. The molecule has 1 aliphatic rings. The summed E-state index contributed by atoms with van der Waals surface area (Å²) in [5.41, 5.74) is 1.46. The van der Waals surface area contributed by atoms with Crippen LogP contribution in [0.15, 0.2) is 71.9 Å². The first-order chi connectivity index (χ1) is 14.0. The van der Waals surface area contributed by atoms with Crippen LogP contribution in [-0.4, -0.2) is 26.1 Å². The van der Waals surface area contributed by atoms with E-state index in [4.69, 9.17) is 9.47 Å². The Morgan fingerprint density at radius 3 is 2.72 bits per heavy atom. The summed E-state index contributed by atoms with van der Waals surface area (Å²) in [6, 6.07) is 14.3. The van der Waals surface area contributed by atoms with Crippen molar-refractivity contribution in [2.75, 3.05) is 12.1 Å². The molecule has 0 unspecified atom stereocenters. The number of benzene rings is 2. The van der Waals surface area contributed by atoms with Crippen LogP contribution in [0.25, 0.3) is 0 Å². The number of amides is 1. The highest BCUT2D eigenvalue weighted by Crippen LogP contribution is 2.34. The summed E-state index contributed by atoms with van der Waals surface area (Å²) in [4.78, 5) is 16.5. The maximum absolute atomic E-state index is 12.6. The molecule has 9 heteroatoms. The van der Waals surface area contributed by atoms with E-state index in [1.165, 1.54) is 18.2 Å². The maximum atomic E-state index is 12.6. The maximum Gasteiger partial charge on any atom is 0.255 e. The summed E-state index contributed by atoms with van der Waals surface area (Å²) in [5.74, 6) is 0.711. The monoisotopic (exact) mass is 411 g/mol. The van der Waals surface area contributed by atoms with Gasteiger partial charge in [0.15, 0.2) is 11.5 Å². The lowest BCUT2D eigenvalue weighted by molar-refractivity contribution is 0.102. The standard InChI is InChI=1S/C20H17N3O5S/c24-20(23-16-6-7-18-19(10-16)28-13-27-18)15-4-1-5-17(9-15)29(25,26)22-12-14-3-2-8-21-11-14/h1-11,22H,12-13H2,(H,23,24). The lowest BCUT2D eigenvalue weighted by Gasteiger charge is -2.09. The third-order valence-corrected chi connectivity index (χ3v) is 5.62. The molecule has 3 aromatic rings. The first-order valence-electron chi connectivity index (χ1n) is 8.71. The Balaban J connectivity index is 1.48. The molecule has 0 saturated carbocycles. The predicted molar refractivity (Wildman–Crippen MR) is 105 cm³/mol. The highest BCUT2D eigenvalue weighted by atomic mass is 32.2. The highest BCUT2D eigenvalue weighted by Gasteiger charge is 2.18. The van der Waals surface area contributed by atoms with E-state index in [1.54, 1.807) is 48.8 Å². The van der Waals surface area contributed by atoms with Crippen LogP contribution in [0.4, 0.5) is 5.69 Å². The van der Waals surface area contributed by atoms with E-state index in [0.29, 0.717) is 17.2 Å². The first-order valence-corrected chi connectivity index (χ1v) is 10.2. The van der Waals surface area contributed by atoms with E-state index in [1.807, 2.05) is 0 Å². The van der Waals surface area contributed by atoms with Crippen LogP contribution in [0, 0.1) is 0 Å². The third kappa shape index (κ3) is 4.36. The van der Waals surface area contributed by atoms with Crippen molar-refractivity contribution < 1.29 is 22.7 Å². The number of carbonyl (C=O) groups excluding carboxylic acids is 1. The molecule has 2 heterocycles. The Kier molecular flexibility index (Phi) is 5.15. The number of nitrogens with one attached hydrogen (secondary N) is 2. The molecular weight excluding hydrogens is 394 g/mol. The van der Waals surface area contributed by atoms with E-state index in [-0.39, 0.29) is 23.8 Å². The van der Waals surface area contributed by atoms with Crippen molar-refractivity contribution in [3.63, 3.8) is 0 Å². The highest BCUT2D eigenvalue weighted by molar-refractivity contribution is 7.89. The zero-order valence-corrected chi connectivity index (χ0v) is 16.0.